The molecule has 8 heteroatoms. The Kier molecular flexibility index (Phi) is 5.90. The number of rotatable bonds is 3. The second-order valence-electron chi connectivity index (χ2n) is 7.24. The average Bonchev–Trinajstić information content (AvgIpc) is 2.65. The van der Waals surface area contributed by atoms with Gasteiger partial charge in [0.2, 0.25) is 17.7 Å². The van der Waals surface area contributed by atoms with Crippen LogP contribution in [0.4, 0.5) is 0 Å². The van der Waals surface area contributed by atoms with Gasteiger partial charge >= 0.3 is 0 Å². The maximum atomic E-state index is 12.6. The summed E-state index contributed by atoms with van der Waals surface area (Å²) in [6.07, 6.45) is 3.34. The van der Waals surface area contributed by atoms with Gasteiger partial charge in [-0.05, 0) is 38.8 Å². The zero-order valence-electron chi connectivity index (χ0n) is 14.8. The van der Waals surface area contributed by atoms with E-state index in [2.05, 4.69) is 5.32 Å². The largest absolute Gasteiger partial charge is 0.339 e. The van der Waals surface area contributed by atoms with Crippen molar-refractivity contribution in [2.45, 2.75) is 31.7 Å². The molecule has 0 bridgehead atoms. The van der Waals surface area contributed by atoms with Crippen LogP contribution in [-0.2, 0) is 14.4 Å². The standard InChI is InChI=1S/C17H29N5O3/c18-14-2-1-7-22(17(14)25)12-15(23)20-8-10-21(11-9-20)16(24)13-3-5-19-6-4-13/h13-14,19H,1-12,18H2/t14-/m0/s1. The van der Waals surface area contributed by atoms with Gasteiger partial charge in [-0.25, -0.2) is 0 Å². The van der Waals surface area contributed by atoms with E-state index in [1.54, 1.807) is 9.80 Å². The molecule has 3 heterocycles. The molecule has 0 aliphatic carbocycles. The van der Waals surface area contributed by atoms with Gasteiger partial charge in [0.25, 0.3) is 0 Å². The molecule has 0 aromatic rings. The number of hydrogen-bond acceptors (Lipinski definition) is 5. The minimum Gasteiger partial charge on any atom is -0.339 e. The summed E-state index contributed by atoms with van der Waals surface area (Å²) in [6, 6.07) is -0.471. The number of likely N-dealkylation sites (tertiary alicyclic amines) is 1. The lowest BCUT2D eigenvalue weighted by Crippen LogP contribution is -2.56. The zero-order chi connectivity index (χ0) is 17.8. The Hall–Kier alpha value is -1.67. The molecule has 3 saturated heterocycles. The maximum absolute atomic E-state index is 12.6. The minimum atomic E-state index is -0.471. The van der Waals surface area contributed by atoms with Gasteiger partial charge in [0.15, 0.2) is 0 Å². The van der Waals surface area contributed by atoms with Crippen molar-refractivity contribution in [3.8, 4) is 0 Å². The molecule has 0 unspecified atom stereocenters. The van der Waals surface area contributed by atoms with E-state index in [1.807, 2.05) is 4.90 Å². The molecule has 3 N–H and O–H groups in total. The first-order valence-corrected chi connectivity index (χ1v) is 9.38. The highest BCUT2D eigenvalue weighted by molar-refractivity contribution is 5.88. The fraction of sp³-hybridized carbons (Fsp3) is 0.824. The molecule has 0 radical (unpaired) electrons. The first kappa shape index (κ1) is 18.1. The normalized spacial score (nSPS) is 26.0. The van der Waals surface area contributed by atoms with Gasteiger partial charge in [-0.2, -0.15) is 0 Å². The quantitative estimate of drug-likeness (QED) is 0.652. The predicted molar refractivity (Wildman–Crippen MR) is 92.5 cm³/mol. The molecule has 140 valence electrons. The highest BCUT2D eigenvalue weighted by Gasteiger charge is 2.32. The number of nitrogens with one attached hydrogen (secondary N) is 1. The van der Waals surface area contributed by atoms with Crippen molar-refractivity contribution in [1.29, 1.82) is 0 Å². The molecule has 3 fully saturated rings. The van der Waals surface area contributed by atoms with Gasteiger partial charge < -0.3 is 25.8 Å². The van der Waals surface area contributed by atoms with Crippen LogP contribution in [0.5, 0.6) is 0 Å². The molecule has 1 atom stereocenters. The molecule has 3 amide bonds. The van der Waals surface area contributed by atoms with E-state index < -0.39 is 6.04 Å². The summed E-state index contributed by atoms with van der Waals surface area (Å²) in [5.74, 6) is 0.178. The number of nitrogens with zero attached hydrogens (tertiary/aromatic N) is 3. The Morgan fingerprint density at radius 3 is 2.32 bits per heavy atom. The van der Waals surface area contributed by atoms with Crippen molar-refractivity contribution in [2.24, 2.45) is 11.7 Å². The lowest BCUT2D eigenvalue weighted by Gasteiger charge is -2.38. The van der Waals surface area contributed by atoms with Gasteiger partial charge in [-0.15, -0.1) is 0 Å². The van der Waals surface area contributed by atoms with Gasteiger partial charge in [0.05, 0.1) is 12.6 Å². The number of nitrogens with two attached hydrogens (primary N) is 1. The Morgan fingerprint density at radius 1 is 1.00 bits per heavy atom. The van der Waals surface area contributed by atoms with Crippen molar-refractivity contribution in [3.63, 3.8) is 0 Å². The van der Waals surface area contributed by atoms with E-state index in [4.69, 9.17) is 5.73 Å². The third-order valence-corrected chi connectivity index (χ3v) is 5.53. The van der Waals surface area contributed by atoms with Crippen LogP contribution >= 0.6 is 0 Å². The SMILES string of the molecule is N[C@H]1CCCN(CC(=O)N2CCN(C(=O)C3CCNCC3)CC2)C1=O. The molecular weight excluding hydrogens is 322 g/mol. The van der Waals surface area contributed by atoms with Crippen LogP contribution in [0.25, 0.3) is 0 Å². The zero-order valence-corrected chi connectivity index (χ0v) is 14.8. The first-order valence-electron chi connectivity index (χ1n) is 9.38. The van der Waals surface area contributed by atoms with E-state index in [-0.39, 0.29) is 30.2 Å². The van der Waals surface area contributed by atoms with E-state index in [9.17, 15) is 14.4 Å². The van der Waals surface area contributed by atoms with E-state index in [1.165, 1.54) is 0 Å². The van der Waals surface area contributed by atoms with Crippen molar-refractivity contribution < 1.29 is 14.4 Å². The maximum Gasteiger partial charge on any atom is 0.242 e. The van der Waals surface area contributed by atoms with Crippen LogP contribution in [0.3, 0.4) is 0 Å². The molecule has 3 rings (SSSR count). The van der Waals surface area contributed by atoms with Crippen LogP contribution in [-0.4, -0.2) is 90.8 Å². The van der Waals surface area contributed by atoms with Gasteiger partial charge in [0.1, 0.15) is 0 Å². The van der Waals surface area contributed by atoms with Crippen LogP contribution in [0.15, 0.2) is 0 Å². The molecule has 3 aliphatic rings. The number of piperazine rings is 1. The monoisotopic (exact) mass is 351 g/mol. The fourth-order valence-electron chi connectivity index (χ4n) is 3.89. The van der Waals surface area contributed by atoms with Crippen molar-refractivity contribution >= 4 is 17.7 Å². The fourth-order valence-corrected chi connectivity index (χ4v) is 3.89. The summed E-state index contributed by atoms with van der Waals surface area (Å²) < 4.78 is 0. The van der Waals surface area contributed by atoms with Crippen molar-refractivity contribution in [3.05, 3.63) is 0 Å². The van der Waals surface area contributed by atoms with Crippen LogP contribution in [0.2, 0.25) is 0 Å². The second-order valence-corrected chi connectivity index (χ2v) is 7.24. The van der Waals surface area contributed by atoms with Gasteiger partial charge in [0, 0.05) is 38.6 Å². The molecule has 0 saturated carbocycles. The Bertz CT molecular complexity index is 512. The van der Waals surface area contributed by atoms with E-state index in [0.29, 0.717) is 39.1 Å². The molecule has 8 nitrogen and oxygen atoms in total. The number of piperidine rings is 2. The summed E-state index contributed by atoms with van der Waals surface area (Å²) in [5.41, 5.74) is 5.78. The molecule has 0 aromatic heterocycles. The van der Waals surface area contributed by atoms with Crippen LogP contribution in [0.1, 0.15) is 25.7 Å². The summed E-state index contributed by atoms with van der Waals surface area (Å²) in [5, 5.41) is 3.28. The predicted octanol–water partition coefficient (Wildman–Crippen LogP) is -1.39. The summed E-state index contributed by atoms with van der Waals surface area (Å²) >= 11 is 0. The number of carbonyl (C=O) groups excluding carboxylic acids is 3. The highest BCUT2D eigenvalue weighted by Crippen LogP contribution is 2.17. The summed E-state index contributed by atoms with van der Waals surface area (Å²) in [6.45, 7) is 4.78. The Balaban J connectivity index is 1.46. The summed E-state index contributed by atoms with van der Waals surface area (Å²) in [7, 11) is 0. The van der Waals surface area contributed by atoms with E-state index in [0.717, 1.165) is 32.4 Å². The Labute approximate surface area is 148 Å². The van der Waals surface area contributed by atoms with Crippen molar-refractivity contribution in [2.75, 3.05) is 52.4 Å². The number of hydrogen-bond donors (Lipinski definition) is 2. The lowest BCUT2D eigenvalue weighted by atomic mass is 9.96. The molecule has 0 spiro atoms. The molecular formula is C17H29N5O3. The minimum absolute atomic E-state index is 0.0450. The third kappa shape index (κ3) is 4.30. The highest BCUT2D eigenvalue weighted by atomic mass is 16.2. The number of carbonyl (C=O) groups is 3. The van der Waals surface area contributed by atoms with Crippen LogP contribution < -0.4 is 11.1 Å². The smallest absolute Gasteiger partial charge is 0.242 e. The first-order chi connectivity index (χ1) is 12.1. The Morgan fingerprint density at radius 2 is 1.64 bits per heavy atom. The molecule has 0 aromatic carbocycles. The van der Waals surface area contributed by atoms with Crippen molar-refractivity contribution in [1.82, 2.24) is 20.0 Å². The third-order valence-electron chi connectivity index (χ3n) is 5.53. The van der Waals surface area contributed by atoms with Crippen LogP contribution in [0, 0.1) is 5.92 Å². The summed E-state index contributed by atoms with van der Waals surface area (Å²) in [4.78, 5) is 42.3. The van der Waals surface area contributed by atoms with Gasteiger partial charge in [-0.1, -0.05) is 0 Å². The average molecular weight is 351 g/mol. The number of amides is 3. The lowest BCUT2D eigenvalue weighted by molar-refractivity contribution is -0.146. The second kappa shape index (κ2) is 8.14. The topological polar surface area (TPSA) is 99.0 Å². The van der Waals surface area contributed by atoms with Gasteiger partial charge in [-0.3, -0.25) is 14.4 Å². The molecule has 3 aliphatic heterocycles. The van der Waals surface area contributed by atoms with E-state index >= 15 is 0 Å². The molecule has 25 heavy (non-hydrogen) atoms.